The lowest BCUT2D eigenvalue weighted by atomic mass is 10.0. The van der Waals surface area contributed by atoms with Gasteiger partial charge in [-0.3, -0.25) is 14.2 Å². The number of quaternary nitrogens is 1. The zero-order valence-corrected chi connectivity index (χ0v) is 58.9. The lowest BCUT2D eigenvalue weighted by Crippen LogP contribution is -2.47. The molecule has 9 nitrogen and oxygen atoms in total. The Hall–Kier alpha value is -2.03. The number of phosphoric ester groups is 1. The number of phosphoric acid groups is 1. The topological polar surface area (TPSA) is 114 Å². The number of likely N-dealkylation sites (N-methyl/N-ethyl adjacent to an activating group) is 1. The molecule has 0 fully saturated rings. The molecular weight excluding hydrogens is 1080 g/mol. The smallest absolute Gasteiger partial charge is 0.306 e. The summed E-state index contributed by atoms with van der Waals surface area (Å²) in [6, 6.07) is -0.887. The van der Waals surface area contributed by atoms with E-state index in [1.54, 1.807) is 0 Å². The molecule has 0 bridgehead atoms. The average molecular weight is 1230 g/mol. The van der Waals surface area contributed by atoms with Gasteiger partial charge in [-0.15, -0.1) is 0 Å². The second kappa shape index (κ2) is 65.9. The second-order valence-corrected chi connectivity index (χ2v) is 28.2. The Balaban J connectivity index is 4.98. The fourth-order valence-electron chi connectivity index (χ4n) is 11.2. The SMILES string of the molecule is CCCCC/C=C\C/C=C\CCCCCCCCCCCCCCCCCC(=O)NC(COP(=O)([O-])OCC[N+](C)(C)C)C(/C=C/CCCCCCCCCCCC)OC(=O)CCCCCCCCCCCCCCC/C=C/CCCCCCCC. The fraction of sp³-hybridized carbons (Fsp3) is 0.868. The van der Waals surface area contributed by atoms with Crippen molar-refractivity contribution in [3.63, 3.8) is 0 Å². The number of carbonyl (C=O) groups excluding carboxylic acids is 2. The van der Waals surface area contributed by atoms with Gasteiger partial charge in [0, 0.05) is 12.8 Å². The molecule has 0 aliphatic carbocycles. The minimum absolute atomic E-state index is 0.0204. The first kappa shape index (κ1) is 84.0. The highest BCUT2D eigenvalue weighted by molar-refractivity contribution is 7.45. The molecule has 0 spiro atoms. The molecule has 0 saturated carbocycles. The minimum atomic E-state index is -4.70. The predicted octanol–water partition coefficient (Wildman–Crippen LogP) is 23.3. The summed E-state index contributed by atoms with van der Waals surface area (Å²) in [5, 5.41) is 3.05. The molecule has 0 aromatic carbocycles. The molecule has 0 saturated heterocycles. The van der Waals surface area contributed by atoms with Gasteiger partial charge in [-0.2, -0.15) is 0 Å². The van der Waals surface area contributed by atoms with E-state index in [-0.39, 0.29) is 31.5 Å². The number of nitrogens with one attached hydrogen (secondary N) is 1. The van der Waals surface area contributed by atoms with E-state index in [1.807, 2.05) is 33.3 Å². The van der Waals surface area contributed by atoms with E-state index < -0.39 is 20.0 Å². The largest absolute Gasteiger partial charge is 0.756 e. The molecule has 0 aliphatic heterocycles. The third kappa shape index (κ3) is 66.4. The summed E-state index contributed by atoms with van der Waals surface area (Å²) < 4.78 is 30.5. The Morgan fingerprint density at radius 3 is 1.08 bits per heavy atom. The number of unbranched alkanes of at least 4 members (excludes halogenated alkanes) is 47. The van der Waals surface area contributed by atoms with E-state index >= 15 is 0 Å². The van der Waals surface area contributed by atoms with Crippen LogP contribution in [0.5, 0.6) is 0 Å². The fourth-order valence-corrected chi connectivity index (χ4v) is 11.9. The predicted molar refractivity (Wildman–Crippen MR) is 372 cm³/mol. The molecule has 10 heteroatoms. The van der Waals surface area contributed by atoms with Gasteiger partial charge in [0.2, 0.25) is 5.91 Å². The van der Waals surface area contributed by atoms with Crippen molar-refractivity contribution in [2.45, 2.75) is 386 Å². The number of allylic oxidation sites excluding steroid dienone is 7. The van der Waals surface area contributed by atoms with Crippen LogP contribution in [0.1, 0.15) is 374 Å². The van der Waals surface area contributed by atoms with E-state index in [1.165, 1.54) is 276 Å². The lowest BCUT2D eigenvalue weighted by molar-refractivity contribution is -0.870. The monoisotopic (exact) mass is 1230 g/mol. The molecule has 506 valence electrons. The first-order valence-corrected chi connectivity index (χ1v) is 38.9. The number of esters is 1. The first-order valence-electron chi connectivity index (χ1n) is 37.4. The normalized spacial score (nSPS) is 13.7. The van der Waals surface area contributed by atoms with E-state index in [9.17, 15) is 19.0 Å². The first-order chi connectivity index (χ1) is 41.9. The van der Waals surface area contributed by atoms with Crippen LogP contribution >= 0.6 is 7.82 Å². The molecule has 0 aromatic rings. The van der Waals surface area contributed by atoms with Gasteiger partial charge in [-0.1, -0.05) is 320 Å². The van der Waals surface area contributed by atoms with Crippen LogP contribution < -0.4 is 10.2 Å². The zero-order chi connectivity index (χ0) is 62.8. The molecule has 3 unspecified atom stereocenters. The number of carbonyl (C=O) groups is 2. The molecular formula is C76H145N2O7P. The number of rotatable bonds is 69. The van der Waals surface area contributed by atoms with Gasteiger partial charge in [0.1, 0.15) is 19.3 Å². The molecule has 86 heavy (non-hydrogen) atoms. The maximum Gasteiger partial charge on any atom is 0.306 e. The van der Waals surface area contributed by atoms with Crippen LogP contribution in [0, 0.1) is 0 Å². The average Bonchev–Trinajstić information content (AvgIpc) is 3.69. The Morgan fingerprint density at radius 2 is 0.709 bits per heavy atom. The Labute approximate surface area is 535 Å². The molecule has 0 heterocycles. The number of hydrogen-bond donors (Lipinski definition) is 1. The summed E-state index contributed by atoms with van der Waals surface area (Å²) in [7, 11) is 1.20. The molecule has 3 atom stereocenters. The highest BCUT2D eigenvalue weighted by atomic mass is 31.2. The van der Waals surface area contributed by atoms with E-state index in [2.05, 4.69) is 62.5 Å². The van der Waals surface area contributed by atoms with Gasteiger partial charge >= 0.3 is 5.97 Å². The standard InChI is InChI=1S/C76H145N2O7P/c1-7-10-13-16-19-22-25-28-30-32-34-36-38-39-41-42-44-46-48-50-53-56-59-62-65-68-75(79)77-73(72-84-86(81,82)83-71-70-78(4,5)6)74(67-64-61-58-55-52-27-24-21-18-15-12-9-3)85-76(80)69-66-63-60-57-54-51-49-47-45-43-40-37-35-33-31-29-26-23-20-17-14-11-8-2/h19,22,28-31,64,67,73-74H,7-18,20-21,23-27,32-63,65-66,68-72H2,1-6H3,(H-,77,79,81,82)/b22-19-,30-28-,31-29+,67-64+. The van der Waals surface area contributed by atoms with Gasteiger partial charge in [0.15, 0.2) is 0 Å². The third-order valence-corrected chi connectivity index (χ3v) is 17.9. The van der Waals surface area contributed by atoms with Gasteiger partial charge in [0.05, 0.1) is 33.8 Å². The van der Waals surface area contributed by atoms with Crippen LogP contribution in [0.4, 0.5) is 0 Å². The van der Waals surface area contributed by atoms with Gasteiger partial charge in [-0.25, -0.2) is 0 Å². The van der Waals surface area contributed by atoms with Crippen molar-refractivity contribution in [3.8, 4) is 0 Å². The summed E-state index contributed by atoms with van der Waals surface area (Å²) in [6.45, 7) is 6.87. The second-order valence-electron chi connectivity index (χ2n) is 26.8. The van der Waals surface area contributed by atoms with Gasteiger partial charge in [0.25, 0.3) is 7.82 Å². The number of amides is 1. The van der Waals surface area contributed by atoms with Crippen molar-refractivity contribution in [3.05, 3.63) is 48.6 Å². The Morgan fingerprint density at radius 1 is 0.407 bits per heavy atom. The lowest BCUT2D eigenvalue weighted by Gasteiger charge is -2.30. The van der Waals surface area contributed by atoms with Gasteiger partial charge < -0.3 is 28.5 Å². The third-order valence-electron chi connectivity index (χ3n) is 17.0. The molecule has 1 N–H and O–H groups in total. The summed E-state index contributed by atoms with van der Waals surface area (Å²) in [4.78, 5) is 40.2. The molecule has 0 radical (unpaired) electrons. The number of nitrogens with zero attached hydrogens (tertiary/aromatic N) is 1. The maximum absolute atomic E-state index is 13.6. The van der Waals surface area contributed by atoms with Crippen LogP contribution in [0.25, 0.3) is 0 Å². The van der Waals surface area contributed by atoms with Crippen molar-refractivity contribution in [1.82, 2.24) is 5.32 Å². The summed E-state index contributed by atoms with van der Waals surface area (Å²) >= 11 is 0. The highest BCUT2D eigenvalue weighted by Crippen LogP contribution is 2.38. The molecule has 0 aliphatic rings. The molecule has 0 aromatic heterocycles. The van der Waals surface area contributed by atoms with Crippen LogP contribution in [0.2, 0.25) is 0 Å². The molecule has 1 amide bonds. The van der Waals surface area contributed by atoms with Gasteiger partial charge in [-0.05, 0) is 89.5 Å². The van der Waals surface area contributed by atoms with Crippen molar-refractivity contribution in [1.29, 1.82) is 0 Å². The van der Waals surface area contributed by atoms with E-state index in [0.29, 0.717) is 17.4 Å². The van der Waals surface area contributed by atoms with E-state index in [4.69, 9.17) is 13.8 Å². The summed E-state index contributed by atoms with van der Waals surface area (Å²) in [5.41, 5.74) is 0. The van der Waals surface area contributed by atoms with Crippen molar-refractivity contribution < 1.29 is 37.3 Å². The Bertz CT molecular complexity index is 1610. The zero-order valence-electron chi connectivity index (χ0n) is 58.0. The number of hydrogen-bond acceptors (Lipinski definition) is 7. The van der Waals surface area contributed by atoms with Crippen molar-refractivity contribution >= 4 is 19.7 Å². The van der Waals surface area contributed by atoms with Crippen LogP contribution in [0.15, 0.2) is 48.6 Å². The quantitative estimate of drug-likeness (QED) is 0.0212. The van der Waals surface area contributed by atoms with Crippen LogP contribution in [0.3, 0.4) is 0 Å². The van der Waals surface area contributed by atoms with Crippen molar-refractivity contribution in [2.24, 2.45) is 0 Å². The minimum Gasteiger partial charge on any atom is -0.756 e. The van der Waals surface area contributed by atoms with Crippen molar-refractivity contribution in [2.75, 3.05) is 40.9 Å². The van der Waals surface area contributed by atoms with E-state index in [0.717, 1.165) is 64.2 Å². The number of ether oxygens (including phenoxy) is 1. The highest BCUT2D eigenvalue weighted by Gasteiger charge is 2.27. The molecule has 0 rings (SSSR count). The summed E-state index contributed by atoms with van der Waals surface area (Å²) in [5.74, 6) is -0.523. The van der Waals surface area contributed by atoms with Crippen LogP contribution in [-0.4, -0.2) is 69.4 Å². The maximum atomic E-state index is 13.6. The van der Waals surface area contributed by atoms with Crippen LogP contribution in [-0.2, 0) is 27.9 Å². The summed E-state index contributed by atoms with van der Waals surface area (Å²) in [6.07, 6.45) is 83.8. The Kier molecular flexibility index (Phi) is 64.4.